The Balaban J connectivity index is 1.64. The summed E-state index contributed by atoms with van der Waals surface area (Å²) in [5.74, 6) is -0.755. The molecule has 1 N–H and O–H groups in total. The Morgan fingerprint density at radius 1 is 1.45 bits per heavy atom. The van der Waals surface area contributed by atoms with Crippen LogP contribution in [0.2, 0.25) is 0 Å². The Morgan fingerprint density at radius 3 is 3.00 bits per heavy atom. The molecule has 116 valence electrons. The van der Waals surface area contributed by atoms with Crippen molar-refractivity contribution in [2.24, 2.45) is 7.05 Å². The summed E-state index contributed by atoms with van der Waals surface area (Å²) in [5.41, 5.74) is 1.20. The molecule has 0 saturated carbocycles. The van der Waals surface area contributed by atoms with Gasteiger partial charge in [0, 0.05) is 19.7 Å². The van der Waals surface area contributed by atoms with Crippen LogP contribution in [0.15, 0.2) is 30.9 Å². The molecule has 1 saturated heterocycles. The first-order valence-corrected chi connectivity index (χ1v) is 7.13. The number of ether oxygens (including phenoxy) is 1. The van der Waals surface area contributed by atoms with Crippen LogP contribution in [-0.2, 0) is 11.8 Å². The number of carbonyl (C=O) groups excluding carboxylic acids is 1. The lowest BCUT2D eigenvalue weighted by molar-refractivity contribution is -0.00305. The number of imidazole rings is 1. The molecule has 0 aliphatic carbocycles. The molecule has 2 atom stereocenters. The molecule has 1 aliphatic heterocycles. The Kier molecular flexibility index (Phi) is 4.15. The van der Waals surface area contributed by atoms with E-state index in [9.17, 15) is 9.18 Å². The Labute approximate surface area is 127 Å². The number of aryl methyl sites for hydroxylation is 1. The van der Waals surface area contributed by atoms with Crippen molar-refractivity contribution in [2.75, 3.05) is 6.61 Å². The molecule has 22 heavy (non-hydrogen) atoms. The second-order valence-electron chi connectivity index (χ2n) is 5.35. The number of amides is 1. The Bertz CT molecular complexity index is 656. The largest absolute Gasteiger partial charge is 0.372 e. The Hall–Kier alpha value is -2.28. The summed E-state index contributed by atoms with van der Waals surface area (Å²) in [4.78, 5) is 20.0. The first-order valence-electron chi connectivity index (χ1n) is 7.13. The van der Waals surface area contributed by atoms with Gasteiger partial charge in [-0.05, 0) is 25.0 Å². The van der Waals surface area contributed by atoms with Gasteiger partial charge in [-0.1, -0.05) is 0 Å². The van der Waals surface area contributed by atoms with E-state index in [1.54, 1.807) is 12.5 Å². The summed E-state index contributed by atoms with van der Waals surface area (Å²) >= 11 is 0. The van der Waals surface area contributed by atoms with Gasteiger partial charge in [0.05, 0.1) is 24.4 Å². The van der Waals surface area contributed by atoms with Gasteiger partial charge in [-0.15, -0.1) is 0 Å². The summed E-state index contributed by atoms with van der Waals surface area (Å²) in [6.45, 7) is 0.567. The standard InChI is InChI=1S/C15H17FN4O2/c1-20-9-17-8-13(20)14-6-11(4-5-22-14)19-15(21)12-3-2-10(16)7-18-12/h2-3,7-9,11,14H,4-6H2,1H3,(H,19,21). The third-order valence-electron chi connectivity index (χ3n) is 3.76. The van der Waals surface area contributed by atoms with Gasteiger partial charge in [0.2, 0.25) is 0 Å². The molecule has 0 bridgehead atoms. The van der Waals surface area contributed by atoms with Crippen molar-refractivity contribution in [3.63, 3.8) is 0 Å². The molecule has 0 spiro atoms. The van der Waals surface area contributed by atoms with Crippen LogP contribution in [0, 0.1) is 5.82 Å². The maximum atomic E-state index is 12.8. The topological polar surface area (TPSA) is 69.0 Å². The number of hydrogen-bond donors (Lipinski definition) is 1. The molecule has 0 aromatic carbocycles. The van der Waals surface area contributed by atoms with E-state index >= 15 is 0 Å². The summed E-state index contributed by atoms with van der Waals surface area (Å²) < 4.78 is 20.5. The lowest BCUT2D eigenvalue weighted by atomic mass is 10.0. The number of nitrogens with zero attached hydrogens (tertiary/aromatic N) is 3. The average molecular weight is 304 g/mol. The molecule has 1 aliphatic rings. The van der Waals surface area contributed by atoms with E-state index in [1.807, 2.05) is 11.6 Å². The number of hydrogen-bond acceptors (Lipinski definition) is 4. The lowest BCUT2D eigenvalue weighted by Gasteiger charge is -2.30. The zero-order valence-electron chi connectivity index (χ0n) is 12.2. The summed E-state index contributed by atoms with van der Waals surface area (Å²) in [7, 11) is 1.91. The van der Waals surface area contributed by atoms with Crippen molar-refractivity contribution in [3.05, 3.63) is 48.1 Å². The van der Waals surface area contributed by atoms with E-state index < -0.39 is 5.82 Å². The molecule has 1 amide bonds. The van der Waals surface area contributed by atoms with Crippen molar-refractivity contribution < 1.29 is 13.9 Å². The second-order valence-corrected chi connectivity index (χ2v) is 5.35. The van der Waals surface area contributed by atoms with Crippen molar-refractivity contribution in [1.82, 2.24) is 19.9 Å². The quantitative estimate of drug-likeness (QED) is 0.935. The number of pyridine rings is 1. The third-order valence-corrected chi connectivity index (χ3v) is 3.76. The fourth-order valence-corrected chi connectivity index (χ4v) is 2.58. The zero-order valence-corrected chi connectivity index (χ0v) is 12.2. The maximum absolute atomic E-state index is 12.8. The van der Waals surface area contributed by atoms with Gasteiger partial charge in [-0.3, -0.25) is 4.79 Å². The van der Waals surface area contributed by atoms with E-state index in [0.717, 1.165) is 18.3 Å². The summed E-state index contributed by atoms with van der Waals surface area (Å²) in [6.07, 6.45) is 5.86. The van der Waals surface area contributed by atoms with Gasteiger partial charge >= 0.3 is 0 Å². The SMILES string of the molecule is Cn1cncc1C1CC(NC(=O)c2ccc(F)cn2)CCO1. The molecular formula is C15H17FN4O2. The minimum absolute atomic E-state index is 0.00648. The van der Waals surface area contributed by atoms with Crippen molar-refractivity contribution in [3.8, 4) is 0 Å². The van der Waals surface area contributed by atoms with Gasteiger partial charge in [-0.25, -0.2) is 14.4 Å². The van der Waals surface area contributed by atoms with Crippen LogP contribution in [0.4, 0.5) is 4.39 Å². The maximum Gasteiger partial charge on any atom is 0.270 e. The molecule has 2 aromatic heterocycles. The minimum Gasteiger partial charge on any atom is -0.372 e. The molecule has 1 fully saturated rings. The third kappa shape index (κ3) is 3.14. The molecule has 2 aromatic rings. The predicted molar refractivity (Wildman–Crippen MR) is 76.6 cm³/mol. The molecule has 3 rings (SSSR count). The van der Waals surface area contributed by atoms with Crippen LogP contribution in [0.5, 0.6) is 0 Å². The highest BCUT2D eigenvalue weighted by molar-refractivity contribution is 5.92. The molecular weight excluding hydrogens is 287 g/mol. The summed E-state index contributed by atoms with van der Waals surface area (Å²) in [5, 5.41) is 2.93. The van der Waals surface area contributed by atoms with Gasteiger partial charge in [0.25, 0.3) is 5.91 Å². The fraction of sp³-hybridized carbons (Fsp3) is 0.400. The van der Waals surface area contributed by atoms with Crippen LogP contribution in [0.3, 0.4) is 0 Å². The smallest absolute Gasteiger partial charge is 0.270 e. The van der Waals surface area contributed by atoms with Crippen molar-refractivity contribution in [2.45, 2.75) is 25.0 Å². The van der Waals surface area contributed by atoms with Gasteiger partial charge in [0.15, 0.2) is 0 Å². The fourth-order valence-electron chi connectivity index (χ4n) is 2.58. The monoisotopic (exact) mass is 304 g/mol. The van der Waals surface area contributed by atoms with Crippen LogP contribution in [0.25, 0.3) is 0 Å². The highest BCUT2D eigenvalue weighted by Gasteiger charge is 2.27. The average Bonchev–Trinajstić information content (AvgIpc) is 2.94. The number of nitrogens with one attached hydrogen (secondary N) is 1. The highest BCUT2D eigenvalue weighted by Crippen LogP contribution is 2.27. The van der Waals surface area contributed by atoms with Crippen LogP contribution in [0.1, 0.15) is 35.1 Å². The van der Waals surface area contributed by atoms with Gasteiger partial charge < -0.3 is 14.6 Å². The zero-order chi connectivity index (χ0) is 15.5. The molecule has 7 heteroatoms. The van der Waals surface area contributed by atoms with Gasteiger partial charge in [-0.2, -0.15) is 0 Å². The number of halogens is 1. The van der Waals surface area contributed by atoms with E-state index in [-0.39, 0.29) is 23.7 Å². The highest BCUT2D eigenvalue weighted by atomic mass is 19.1. The lowest BCUT2D eigenvalue weighted by Crippen LogP contribution is -2.40. The number of rotatable bonds is 3. The minimum atomic E-state index is -0.459. The van der Waals surface area contributed by atoms with Crippen LogP contribution < -0.4 is 5.32 Å². The van der Waals surface area contributed by atoms with Crippen LogP contribution >= 0.6 is 0 Å². The second kappa shape index (κ2) is 6.23. The number of aromatic nitrogens is 3. The van der Waals surface area contributed by atoms with Crippen LogP contribution in [-0.4, -0.2) is 33.1 Å². The van der Waals surface area contributed by atoms with E-state index in [2.05, 4.69) is 15.3 Å². The molecule has 6 nitrogen and oxygen atoms in total. The predicted octanol–water partition coefficient (Wildman–Crippen LogP) is 1.60. The first-order chi connectivity index (χ1) is 10.6. The molecule has 2 unspecified atom stereocenters. The normalized spacial score (nSPS) is 21.5. The number of carbonyl (C=O) groups is 1. The Morgan fingerprint density at radius 2 is 2.32 bits per heavy atom. The molecule has 3 heterocycles. The van der Waals surface area contributed by atoms with Crippen molar-refractivity contribution >= 4 is 5.91 Å². The van der Waals surface area contributed by atoms with Crippen molar-refractivity contribution in [1.29, 1.82) is 0 Å². The van der Waals surface area contributed by atoms with E-state index in [1.165, 1.54) is 12.1 Å². The summed E-state index contributed by atoms with van der Waals surface area (Å²) in [6, 6.07) is 2.60. The van der Waals surface area contributed by atoms with E-state index in [0.29, 0.717) is 13.0 Å². The van der Waals surface area contributed by atoms with Gasteiger partial charge in [0.1, 0.15) is 17.6 Å². The van der Waals surface area contributed by atoms with E-state index in [4.69, 9.17) is 4.74 Å². The molecule has 0 radical (unpaired) electrons. The first kappa shape index (κ1) is 14.6.